The second-order valence-electron chi connectivity index (χ2n) is 7.13. The number of carbonyl (C=O) groups is 1. The van der Waals surface area contributed by atoms with Crippen molar-refractivity contribution >= 4 is 22.9 Å². The van der Waals surface area contributed by atoms with Crippen molar-refractivity contribution in [2.24, 2.45) is 0 Å². The van der Waals surface area contributed by atoms with Crippen LogP contribution in [0.15, 0.2) is 66.0 Å². The van der Waals surface area contributed by atoms with E-state index in [-0.39, 0.29) is 18.5 Å². The van der Waals surface area contributed by atoms with Crippen LogP contribution in [0.5, 0.6) is 5.75 Å². The number of thiophene rings is 1. The Morgan fingerprint density at radius 2 is 1.72 bits per heavy atom. The Kier molecular flexibility index (Phi) is 7.44. The van der Waals surface area contributed by atoms with E-state index in [0.717, 1.165) is 5.56 Å². The quantitative estimate of drug-likeness (QED) is 0.485. The van der Waals surface area contributed by atoms with Crippen molar-refractivity contribution in [3.05, 3.63) is 82.0 Å². The van der Waals surface area contributed by atoms with Gasteiger partial charge >= 0.3 is 0 Å². The van der Waals surface area contributed by atoms with Crippen LogP contribution >= 0.6 is 11.3 Å². The molecule has 152 valence electrons. The molecule has 5 heteroatoms. The number of para-hydroxylation sites is 2. The zero-order valence-corrected chi connectivity index (χ0v) is 18.0. The fourth-order valence-corrected chi connectivity index (χ4v) is 3.98. The highest BCUT2D eigenvalue weighted by Crippen LogP contribution is 2.28. The number of hydrogen-bond acceptors (Lipinski definition) is 4. The molecule has 1 heterocycles. The summed E-state index contributed by atoms with van der Waals surface area (Å²) in [6.45, 7) is 7.06. The largest absolute Gasteiger partial charge is 0.492 e. The summed E-state index contributed by atoms with van der Waals surface area (Å²) in [6.07, 6.45) is 0. The van der Waals surface area contributed by atoms with Gasteiger partial charge in [-0.1, -0.05) is 56.3 Å². The molecular weight excluding hydrogens is 380 g/mol. The van der Waals surface area contributed by atoms with E-state index in [1.54, 1.807) is 11.3 Å². The Morgan fingerprint density at radius 1 is 1.00 bits per heavy atom. The Hall–Kier alpha value is -2.63. The van der Waals surface area contributed by atoms with Gasteiger partial charge in [-0.15, -0.1) is 11.3 Å². The van der Waals surface area contributed by atoms with Crippen LogP contribution in [0.25, 0.3) is 0 Å². The van der Waals surface area contributed by atoms with Gasteiger partial charge in [-0.2, -0.15) is 0 Å². The monoisotopic (exact) mass is 408 g/mol. The molecule has 2 N–H and O–H groups in total. The molecule has 29 heavy (non-hydrogen) atoms. The fraction of sp³-hybridized carbons (Fsp3) is 0.292. The molecule has 0 saturated heterocycles. The maximum atomic E-state index is 12.6. The molecule has 0 unspecified atom stereocenters. The summed E-state index contributed by atoms with van der Waals surface area (Å²) < 4.78 is 5.59. The van der Waals surface area contributed by atoms with E-state index < -0.39 is 0 Å². The number of hydrogen-bond donors (Lipinski definition) is 2. The van der Waals surface area contributed by atoms with Crippen LogP contribution in [0.1, 0.15) is 48.7 Å². The fourth-order valence-electron chi connectivity index (χ4n) is 3.15. The van der Waals surface area contributed by atoms with Crippen molar-refractivity contribution in [3.63, 3.8) is 0 Å². The second kappa shape index (κ2) is 10.2. The summed E-state index contributed by atoms with van der Waals surface area (Å²) in [5.41, 5.74) is 3.15. The summed E-state index contributed by atoms with van der Waals surface area (Å²) in [6, 6.07) is 20.2. The van der Waals surface area contributed by atoms with Gasteiger partial charge in [0.05, 0.1) is 24.9 Å². The summed E-state index contributed by atoms with van der Waals surface area (Å²) in [7, 11) is 0. The van der Waals surface area contributed by atoms with Crippen molar-refractivity contribution in [2.45, 2.75) is 32.7 Å². The number of carbonyl (C=O) groups excluding carboxylic acids is 1. The number of anilines is 1. The highest BCUT2D eigenvalue weighted by Gasteiger charge is 2.17. The van der Waals surface area contributed by atoms with Gasteiger partial charge in [0.1, 0.15) is 5.75 Å². The summed E-state index contributed by atoms with van der Waals surface area (Å²) >= 11 is 1.69. The van der Waals surface area contributed by atoms with Gasteiger partial charge in [0, 0.05) is 4.88 Å². The molecule has 3 aromatic rings. The molecule has 3 rings (SSSR count). The molecule has 1 amide bonds. The lowest BCUT2D eigenvalue weighted by Gasteiger charge is -2.19. The van der Waals surface area contributed by atoms with E-state index in [0.29, 0.717) is 24.0 Å². The molecule has 0 radical (unpaired) electrons. The number of rotatable bonds is 9. The third-order valence-electron chi connectivity index (χ3n) is 4.69. The lowest BCUT2D eigenvalue weighted by molar-refractivity contribution is -0.115. The molecular formula is C24H28N2O2S. The first kappa shape index (κ1) is 21.1. The minimum atomic E-state index is -0.0995. The van der Waals surface area contributed by atoms with Crippen LogP contribution in [0.2, 0.25) is 0 Å². The van der Waals surface area contributed by atoms with Gasteiger partial charge in [-0.25, -0.2) is 0 Å². The predicted molar refractivity (Wildman–Crippen MR) is 121 cm³/mol. The van der Waals surface area contributed by atoms with Gasteiger partial charge in [-0.05, 0) is 47.5 Å². The standard InChI is InChI=1S/C24H28N2O2S/c1-4-28-21-9-6-5-8-20(21)26-23(27)16-25-24(22-10-7-15-29-22)19-13-11-18(12-14-19)17(2)3/h5-15,17,24-25H,4,16H2,1-3H3,(H,26,27)/t24-/m1/s1. The summed E-state index contributed by atoms with van der Waals surface area (Å²) in [4.78, 5) is 13.8. The molecule has 2 aromatic carbocycles. The summed E-state index contributed by atoms with van der Waals surface area (Å²) in [5.74, 6) is 1.08. The van der Waals surface area contributed by atoms with Crippen LogP contribution in [-0.4, -0.2) is 19.1 Å². The van der Waals surface area contributed by atoms with Gasteiger partial charge in [0.2, 0.25) is 5.91 Å². The smallest absolute Gasteiger partial charge is 0.238 e. The first-order valence-corrected chi connectivity index (χ1v) is 10.8. The highest BCUT2D eigenvalue weighted by molar-refractivity contribution is 7.10. The van der Waals surface area contributed by atoms with E-state index in [1.807, 2.05) is 37.3 Å². The number of ether oxygens (including phenoxy) is 1. The molecule has 0 aliphatic carbocycles. The topological polar surface area (TPSA) is 50.4 Å². The molecule has 0 aliphatic heterocycles. The molecule has 1 atom stereocenters. The Balaban J connectivity index is 1.70. The number of amides is 1. The van der Waals surface area contributed by atoms with E-state index in [4.69, 9.17) is 4.74 Å². The van der Waals surface area contributed by atoms with Crippen molar-refractivity contribution < 1.29 is 9.53 Å². The maximum absolute atomic E-state index is 12.6. The van der Waals surface area contributed by atoms with Gasteiger partial charge < -0.3 is 10.1 Å². The molecule has 0 bridgehead atoms. The minimum absolute atomic E-state index is 0.0240. The van der Waals surface area contributed by atoms with E-state index >= 15 is 0 Å². The van der Waals surface area contributed by atoms with Crippen molar-refractivity contribution in [3.8, 4) is 5.75 Å². The van der Waals surface area contributed by atoms with Crippen molar-refractivity contribution in [2.75, 3.05) is 18.5 Å². The van der Waals surface area contributed by atoms with E-state index in [2.05, 4.69) is 60.2 Å². The Morgan fingerprint density at radius 3 is 2.38 bits per heavy atom. The van der Waals surface area contributed by atoms with Gasteiger partial charge in [0.25, 0.3) is 0 Å². The average molecular weight is 409 g/mol. The molecule has 0 spiro atoms. The molecule has 0 fully saturated rings. The van der Waals surface area contributed by atoms with E-state index in [1.165, 1.54) is 10.4 Å². The van der Waals surface area contributed by atoms with Gasteiger partial charge in [-0.3, -0.25) is 10.1 Å². The van der Waals surface area contributed by atoms with Crippen LogP contribution in [0.3, 0.4) is 0 Å². The summed E-state index contributed by atoms with van der Waals surface area (Å²) in [5, 5.41) is 8.43. The maximum Gasteiger partial charge on any atom is 0.238 e. The molecule has 1 aromatic heterocycles. The van der Waals surface area contributed by atoms with Crippen molar-refractivity contribution in [1.29, 1.82) is 0 Å². The lowest BCUT2D eigenvalue weighted by Crippen LogP contribution is -2.31. The number of benzene rings is 2. The minimum Gasteiger partial charge on any atom is -0.492 e. The first-order valence-electron chi connectivity index (χ1n) is 9.96. The third kappa shape index (κ3) is 5.68. The molecule has 0 saturated carbocycles. The SMILES string of the molecule is CCOc1ccccc1NC(=O)CN[C@H](c1ccc(C(C)C)cc1)c1cccs1. The zero-order chi connectivity index (χ0) is 20.6. The Bertz CT molecular complexity index is 905. The number of nitrogens with one attached hydrogen (secondary N) is 2. The first-order chi connectivity index (χ1) is 14.1. The van der Waals surface area contributed by atoms with Crippen LogP contribution < -0.4 is 15.4 Å². The normalized spacial score (nSPS) is 12.0. The lowest BCUT2D eigenvalue weighted by atomic mass is 9.98. The highest BCUT2D eigenvalue weighted by atomic mass is 32.1. The Labute approximate surface area is 176 Å². The zero-order valence-electron chi connectivity index (χ0n) is 17.1. The van der Waals surface area contributed by atoms with E-state index in [9.17, 15) is 4.79 Å². The van der Waals surface area contributed by atoms with Crippen LogP contribution in [-0.2, 0) is 4.79 Å². The average Bonchev–Trinajstić information content (AvgIpc) is 3.25. The molecule has 0 aliphatic rings. The molecule has 4 nitrogen and oxygen atoms in total. The van der Waals surface area contributed by atoms with Crippen LogP contribution in [0, 0.1) is 0 Å². The third-order valence-corrected chi connectivity index (χ3v) is 5.63. The van der Waals surface area contributed by atoms with Crippen molar-refractivity contribution in [1.82, 2.24) is 5.32 Å². The van der Waals surface area contributed by atoms with Crippen LogP contribution in [0.4, 0.5) is 5.69 Å². The second-order valence-corrected chi connectivity index (χ2v) is 8.11. The predicted octanol–water partition coefficient (Wildman–Crippen LogP) is 5.59. The van der Waals surface area contributed by atoms with Gasteiger partial charge in [0.15, 0.2) is 0 Å².